The third-order valence-corrected chi connectivity index (χ3v) is 8.76. The normalized spacial score (nSPS) is 24.6. The molecule has 1 saturated carbocycles. The summed E-state index contributed by atoms with van der Waals surface area (Å²) in [6.45, 7) is 6.24. The van der Waals surface area contributed by atoms with Gasteiger partial charge in [-0.05, 0) is 49.7 Å². The number of carbonyl (C=O) groups is 1. The number of fused-ring (bicyclic) bond motifs is 2. The second-order valence-corrected chi connectivity index (χ2v) is 10.5. The highest BCUT2D eigenvalue weighted by molar-refractivity contribution is 5.94. The SMILES string of the molecule is Cn1nc(C(=O)N2CCc3ccccc3C2)c2c1CCC(N1CCN(C3CCCC3)CC1)C2. The van der Waals surface area contributed by atoms with E-state index in [1.165, 1.54) is 80.7 Å². The fourth-order valence-electron chi connectivity index (χ4n) is 6.81. The molecule has 1 atom stereocenters. The molecule has 176 valence electrons. The fraction of sp³-hybridized carbons (Fsp3) is 0.630. The van der Waals surface area contributed by atoms with Crippen LogP contribution in [0.2, 0.25) is 0 Å². The van der Waals surface area contributed by atoms with Gasteiger partial charge in [-0.1, -0.05) is 37.1 Å². The van der Waals surface area contributed by atoms with Gasteiger partial charge in [-0.3, -0.25) is 19.3 Å². The van der Waals surface area contributed by atoms with E-state index in [1.807, 2.05) is 16.6 Å². The van der Waals surface area contributed by atoms with Gasteiger partial charge in [0, 0.05) is 69.7 Å². The van der Waals surface area contributed by atoms with Crippen LogP contribution in [0.1, 0.15) is 65.0 Å². The van der Waals surface area contributed by atoms with Crippen molar-refractivity contribution in [1.29, 1.82) is 0 Å². The number of aromatic nitrogens is 2. The average molecular weight is 448 g/mol. The van der Waals surface area contributed by atoms with E-state index in [2.05, 4.69) is 34.1 Å². The quantitative estimate of drug-likeness (QED) is 0.726. The molecule has 0 bridgehead atoms. The van der Waals surface area contributed by atoms with Gasteiger partial charge in [-0.15, -0.1) is 0 Å². The van der Waals surface area contributed by atoms with Crippen LogP contribution >= 0.6 is 0 Å². The first kappa shape index (κ1) is 21.4. The summed E-state index contributed by atoms with van der Waals surface area (Å²) in [5, 5.41) is 4.77. The molecule has 0 N–H and O–H groups in total. The van der Waals surface area contributed by atoms with Crippen LogP contribution in [0, 0.1) is 0 Å². The summed E-state index contributed by atoms with van der Waals surface area (Å²) in [5.74, 6) is 0.119. The number of nitrogens with zero attached hydrogens (tertiary/aromatic N) is 5. The van der Waals surface area contributed by atoms with Crippen molar-refractivity contribution in [1.82, 2.24) is 24.5 Å². The van der Waals surface area contributed by atoms with E-state index in [9.17, 15) is 4.79 Å². The van der Waals surface area contributed by atoms with Gasteiger partial charge in [-0.2, -0.15) is 5.10 Å². The largest absolute Gasteiger partial charge is 0.333 e. The van der Waals surface area contributed by atoms with Crippen molar-refractivity contribution in [2.75, 3.05) is 32.7 Å². The van der Waals surface area contributed by atoms with Crippen LogP contribution < -0.4 is 0 Å². The molecule has 3 heterocycles. The molecule has 6 rings (SSSR count). The van der Waals surface area contributed by atoms with Crippen molar-refractivity contribution in [2.45, 2.75) is 70.0 Å². The lowest BCUT2D eigenvalue weighted by atomic mass is 9.89. The molecular formula is C27H37N5O. The second-order valence-electron chi connectivity index (χ2n) is 10.5. The highest BCUT2D eigenvalue weighted by Gasteiger charge is 2.35. The van der Waals surface area contributed by atoms with Crippen LogP contribution in [-0.4, -0.2) is 75.2 Å². The summed E-state index contributed by atoms with van der Waals surface area (Å²) in [6, 6.07) is 9.90. The van der Waals surface area contributed by atoms with Gasteiger partial charge in [0.2, 0.25) is 0 Å². The number of hydrogen-bond donors (Lipinski definition) is 0. The number of carbonyl (C=O) groups excluding carboxylic acids is 1. The lowest BCUT2D eigenvalue weighted by Crippen LogP contribution is -2.53. The van der Waals surface area contributed by atoms with Gasteiger partial charge >= 0.3 is 0 Å². The standard InChI is InChI=1S/C27H37N5O/c1-29-25-11-10-23(31-16-14-30(15-17-31)22-8-4-5-9-22)18-24(25)26(28-29)27(33)32-13-12-20-6-2-3-7-21(20)19-32/h2-3,6-7,22-23H,4-5,8-19H2,1H3. The zero-order valence-corrected chi connectivity index (χ0v) is 20.0. The van der Waals surface area contributed by atoms with Crippen molar-refractivity contribution in [3.8, 4) is 0 Å². The molecule has 33 heavy (non-hydrogen) atoms. The third-order valence-electron chi connectivity index (χ3n) is 8.76. The predicted octanol–water partition coefficient (Wildman–Crippen LogP) is 3.04. The van der Waals surface area contributed by atoms with Crippen molar-refractivity contribution in [2.24, 2.45) is 7.05 Å². The number of benzene rings is 1. The van der Waals surface area contributed by atoms with Gasteiger partial charge in [-0.25, -0.2) is 0 Å². The van der Waals surface area contributed by atoms with Gasteiger partial charge < -0.3 is 4.90 Å². The molecular weight excluding hydrogens is 410 g/mol. The summed E-state index contributed by atoms with van der Waals surface area (Å²) >= 11 is 0. The van der Waals surface area contributed by atoms with E-state index in [0.29, 0.717) is 18.3 Å². The molecule has 1 unspecified atom stereocenters. The molecule has 0 radical (unpaired) electrons. The minimum absolute atomic E-state index is 0.119. The molecule has 6 nitrogen and oxygen atoms in total. The van der Waals surface area contributed by atoms with Gasteiger partial charge in [0.25, 0.3) is 5.91 Å². The molecule has 6 heteroatoms. The molecule has 1 aromatic carbocycles. The van der Waals surface area contributed by atoms with Crippen molar-refractivity contribution in [3.05, 3.63) is 52.3 Å². The van der Waals surface area contributed by atoms with Crippen molar-refractivity contribution >= 4 is 5.91 Å². The minimum Gasteiger partial charge on any atom is -0.333 e. The van der Waals surface area contributed by atoms with Crippen LogP contribution in [0.5, 0.6) is 0 Å². The smallest absolute Gasteiger partial charge is 0.274 e. The van der Waals surface area contributed by atoms with Crippen LogP contribution in [0.3, 0.4) is 0 Å². The lowest BCUT2D eigenvalue weighted by Gasteiger charge is -2.42. The summed E-state index contributed by atoms with van der Waals surface area (Å²) in [7, 11) is 2.02. The van der Waals surface area contributed by atoms with E-state index in [4.69, 9.17) is 5.10 Å². The highest BCUT2D eigenvalue weighted by Crippen LogP contribution is 2.31. The first-order valence-electron chi connectivity index (χ1n) is 13.1. The third kappa shape index (κ3) is 4.01. The Morgan fingerprint density at radius 3 is 2.33 bits per heavy atom. The first-order valence-corrected chi connectivity index (χ1v) is 13.1. The van der Waals surface area contributed by atoms with Crippen molar-refractivity contribution in [3.63, 3.8) is 0 Å². The zero-order chi connectivity index (χ0) is 22.4. The Bertz CT molecular complexity index is 1020. The number of amides is 1. The summed E-state index contributed by atoms with van der Waals surface area (Å²) in [4.78, 5) is 21.0. The first-order chi connectivity index (χ1) is 16.2. The number of rotatable bonds is 3. The van der Waals surface area contributed by atoms with Gasteiger partial charge in [0.1, 0.15) is 0 Å². The van der Waals surface area contributed by atoms with Crippen LogP contribution in [0.4, 0.5) is 0 Å². The van der Waals surface area contributed by atoms with Crippen molar-refractivity contribution < 1.29 is 4.79 Å². The van der Waals surface area contributed by atoms with Crippen LogP contribution in [-0.2, 0) is 32.9 Å². The molecule has 2 fully saturated rings. The number of aryl methyl sites for hydroxylation is 1. The van der Waals surface area contributed by atoms with Crippen LogP contribution in [0.15, 0.2) is 24.3 Å². The number of piperazine rings is 1. The molecule has 1 saturated heterocycles. The van der Waals surface area contributed by atoms with E-state index in [0.717, 1.165) is 31.8 Å². The van der Waals surface area contributed by atoms with E-state index in [-0.39, 0.29) is 5.91 Å². The Balaban J connectivity index is 1.15. The molecule has 4 aliphatic rings. The Morgan fingerprint density at radius 2 is 1.58 bits per heavy atom. The lowest BCUT2D eigenvalue weighted by molar-refractivity contribution is 0.0648. The van der Waals surface area contributed by atoms with Gasteiger partial charge in [0.15, 0.2) is 5.69 Å². The topological polar surface area (TPSA) is 44.6 Å². The minimum atomic E-state index is 0.119. The average Bonchev–Trinajstić information content (AvgIpc) is 3.52. The number of hydrogen-bond acceptors (Lipinski definition) is 4. The molecule has 1 amide bonds. The van der Waals surface area contributed by atoms with Crippen LogP contribution in [0.25, 0.3) is 0 Å². The molecule has 1 aromatic heterocycles. The van der Waals surface area contributed by atoms with E-state index in [1.54, 1.807) is 0 Å². The Kier molecular flexibility index (Phi) is 5.75. The maximum atomic E-state index is 13.6. The van der Waals surface area contributed by atoms with E-state index >= 15 is 0 Å². The molecule has 2 aliphatic heterocycles. The Hall–Kier alpha value is -2.18. The Morgan fingerprint density at radius 1 is 0.879 bits per heavy atom. The Labute approximate surface area is 197 Å². The second kappa shape index (κ2) is 8.88. The summed E-state index contributed by atoms with van der Waals surface area (Å²) < 4.78 is 1.98. The molecule has 0 spiro atoms. The predicted molar refractivity (Wildman–Crippen MR) is 129 cm³/mol. The maximum Gasteiger partial charge on any atom is 0.274 e. The molecule has 2 aliphatic carbocycles. The zero-order valence-electron chi connectivity index (χ0n) is 20.0. The highest BCUT2D eigenvalue weighted by atomic mass is 16.2. The summed E-state index contributed by atoms with van der Waals surface area (Å²) in [6.07, 6.45) is 9.74. The van der Waals surface area contributed by atoms with Gasteiger partial charge in [0.05, 0.1) is 0 Å². The monoisotopic (exact) mass is 447 g/mol. The maximum absolute atomic E-state index is 13.6. The molecule has 2 aromatic rings. The summed E-state index contributed by atoms with van der Waals surface area (Å²) in [5.41, 5.74) is 5.86. The van der Waals surface area contributed by atoms with E-state index < -0.39 is 0 Å². The fourth-order valence-corrected chi connectivity index (χ4v) is 6.81.